The van der Waals surface area contributed by atoms with Crippen molar-refractivity contribution < 1.29 is 9.53 Å². The number of hydrogen-bond acceptors (Lipinski definition) is 3. The molecule has 3 atom stereocenters. The fraction of sp³-hybridized carbons (Fsp3) is 0.909. The quantitative estimate of drug-likeness (QED) is 0.741. The fourth-order valence-corrected chi connectivity index (χ4v) is 2.75. The summed E-state index contributed by atoms with van der Waals surface area (Å²) in [5.74, 6) is 0.667. The van der Waals surface area contributed by atoms with Gasteiger partial charge in [0.05, 0.1) is 6.61 Å². The number of halogens is 1. The number of esters is 1. The molecule has 15 heavy (non-hydrogen) atoms. The number of nitrogens with one attached hydrogen (secondary N) is 1. The molecule has 1 N–H and O–H groups in total. The van der Waals surface area contributed by atoms with E-state index >= 15 is 0 Å². The molecule has 1 aliphatic heterocycles. The van der Waals surface area contributed by atoms with Crippen LogP contribution in [0.2, 0.25) is 0 Å². The molecule has 0 radical (unpaired) electrons. The highest BCUT2D eigenvalue weighted by Gasteiger charge is 2.38. The van der Waals surface area contributed by atoms with Gasteiger partial charge in [0.25, 0.3) is 0 Å². The van der Waals surface area contributed by atoms with Crippen LogP contribution in [-0.2, 0) is 9.53 Å². The van der Waals surface area contributed by atoms with Gasteiger partial charge in [0.15, 0.2) is 0 Å². The lowest BCUT2D eigenvalue weighted by molar-refractivity contribution is -0.145. The van der Waals surface area contributed by atoms with Crippen molar-refractivity contribution in [1.82, 2.24) is 5.32 Å². The number of rotatable bonds is 2. The van der Waals surface area contributed by atoms with Crippen LogP contribution in [0.5, 0.6) is 0 Å². The molecular formula is C11H20ClNO2. The predicted molar refractivity (Wildman–Crippen MR) is 61.2 cm³/mol. The summed E-state index contributed by atoms with van der Waals surface area (Å²) < 4.78 is 5.03. The minimum atomic E-state index is -0.0538. The van der Waals surface area contributed by atoms with Gasteiger partial charge in [-0.2, -0.15) is 0 Å². The average molecular weight is 234 g/mol. The summed E-state index contributed by atoms with van der Waals surface area (Å²) in [5.41, 5.74) is 0. The van der Waals surface area contributed by atoms with Gasteiger partial charge < -0.3 is 10.1 Å². The molecule has 0 amide bonds. The predicted octanol–water partition coefficient (Wildman–Crippen LogP) is 1.89. The number of carbonyl (C=O) groups excluding carboxylic acids is 1. The molecule has 2 rings (SSSR count). The lowest BCUT2D eigenvalue weighted by atomic mass is 9.85. The summed E-state index contributed by atoms with van der Waals surface area (Å²) >= 11 is 0. The first-order chi connectivity index (χ1) is 6.81. The first-order valence-corrected chi connectivity index (χ1v) is 5.74. The maximum absolute atomic E-state index is 11.5. The Balaban J connectivity index is 0.00000112. The molecular weight excluding hydrogens is 214 g/mol. The molecule has 0 spiro atoms. The van der Waals surface area contributed by atoms with Crippen molar-refractivity contribution >= 4 is 18.4 Å². The van der Waals surface area contributed by atoms with E-state index in [1.54, 1.807) is 0 Å². The van der Waals surface area contributed by atoms with E-state index in [0.29, 0.717) is 12.6 Å². The van der Waals surface area contributed by atoms with Gasteiger partial charge in [0.2, 0.25) is 0 Å². The monoisotopic (exact) mass is 233 g/mol. The fourth-order valence-electron chi connectivity index (χ4n) is 2.75. The highest BCUT2D eigenvalue weighted by molar-refractivity contribution is 5.85. The number of hydrogen-bond donors (Lipinski definition) is 1. The minimum Gasteiger partial charge on any atom is -0.465 e. The third-order valence-corrected chi connectivity index (χ3v) is 3.43. The molecule has 0 bridgehead atoms. The van der Waals surface area contributed by atoms with Crippen LogP contribution in [0.3, 0.4) is 0 Å². The smallest absolute Gasteiger partial charge is 0.323 e. The molecule has 0 unspecified atom stereocenters. The molecule has 2 fully saturated rings. The van der Waals surface area contributed by atoms with Crippen molar-refractivity contribution in [2.24, 2.45) is 5.92 Å². The lowest BCUT2D eigenvalue weighted by Crippen LogP contribution is -2.38. The normalized spacial score (nSPS) is 34.1. The summed E-state index contributed by atoms with van der Waals surface area (Å²) in [4.78, 5) is 11.5. The summed E-state index contributed by atoms with van der Waals surface area (Å²) in [6.45, 7) is 2.35. The standard InChI is InChI=1S/C11H19NO2.ClH/c1-2-14-11(13)10-7-8-5-3-4-6-9(8)12-10;/h8-10,12H,2-7H2,1H3;1H/t8-,9-,10-;/m1./s1. The van der Waals surface area contributed by atoms with Crippen molar-refractivity contribution in [3.05, 3.63) is 0 Å². The third-order valence-electron chi connectivity index (χ3n) is 3.43. The highest BCUT2D eigenvalue weighted by atomic mass is 35.5. The van der Waals surface area contributed by atoms with Gasteiger partial charge in [-0.05, 0) is 32.1 Å². The van der Waals surface area contributed by atoms with E-state index in [0.717, 1.165) is 12.3 Å². The second-order valence-electron chi connectivity index (χ2n) is 4.36. The minimum absolute atomic E-state index is 0. The van der Waals surface area contributed by atoms with Crippen LogP contribution in [0.15, 0.2) is 0 Å². The SMILES string of the molecule is CCOC(=O)[C@H]1C[C@H]2CCCC[C@H]2N1.Cl. The van der Waals surface area contributed by atoms with E-state index in [1.165, 1.54) is 25.7 Å². The summed E-state index contributed by atoms with van der Waals surface area (Å²) in [6.07, 6.45) is 6.15. The van der Waals surface area contributed by atoms with Crippen LogP contribution in [0.4, 0.5) is 0 Å². The summed E-state index contributed by atoms with van der Waals surface area (Å²) in [5, 5.41) is 3.40. The van der Waals surface area contributed by atoms with Crippen molar-refractivity contribution in [2.45, 2.75) is 51.1 Å². The Hall–Kier alpha value is -0.280. The Labute approximate surface area is 97.4 Å². The molecule has 2 aliphatic rings. The van der Waals surface area contributed by atoms with E-state index < -0.39 is 0 Å². The van der Waals surface area contributed by atoms with Crippen molar-refractivity contribution in [1.29, 1.82) is 0 Å². The van der Waals surface area contributed by atoms with Gasteiger partial charge in [-0.3, -0.25) is 4.79 Å². The van der Waals surface area contributed by atoms with Crippen LogP contribution < -0.4 is 5.32 Å². The zero-order chi connectivity index (χ0) is 9.97. The zero-order valence-corrected chi connectivity index (χ0v) is 10.0. The van der Waals surface area contributed by atoms with E-state index in [4.69, 9.17) is 4.74 Å². The molecule has 1 heterocycles. The molecule has 0 aromatic heterocycles. The topological polar surface area (TPSA) is 38.3 Å². The molecule has 4 heteroatoms. The number of carbonyl (C=O) groups is 1. The van der Waals surface area contributed by atoms with E-state index in [9.17, 15) is 4.79 Å². The largest absolute Gasteiger partial charge is 0.465 e. The molecule has 1 aliphatic carbocycles. The molecule has 88 valence electrons. The van der Waals surface area contributed by atoms with Gasteiger partial charge in [-0.15, -0.1) is 12.4 Å². The Bertz CT molecular complexity index is 209. The van der Waals surface area contributed by atoms with Crippen molar-refractivity contribution in [3.8, 4) is 0 Å². The van der Waals surface area contributed by atoms with Crippen LogP contribution in [0.1, 0.15) is 39.0 Å². The summed E-state index contributed by atoms with van der Waals surface area (Å²) in [6, 6.07) is 0.557. The molecule has 1 saturated carbocycles. The second kappa shape index (κ2) is 5.71. The maximum Gasteiger partial charge on any atom is 0.323 e. The first kappa shape index (κ1) is 12.8. The molecule has 3 nitrogen and oxygen atoms in total. The van der Waals surface area contributed by atoms with Gasteiger partial charge in [0, 0.05) is 6.04 Å². The zero-order valence-electron chi connectivity index (χ0n) is 9.20. The Kier molecular flexibility index (Phi) is 4.87. The van der Waals surface area contributed by atoms with Gasteiger partial charge in [-0.25, -0.2) is 0 Å². The van der Waals surface area contributed by atoms with E-state index in [-0.39, 0.29) is 24.4 Å². The summed E-state index contributed by atoms with van der Waals surface area (Å²) in [7, 11) is 0. The van der Waals surface area contributed by atoms with E-state index in [2.05, 4.69) is 5.32 Å². The molecule has 1 saturated heterocycles. The first-order valence-electron chi connectivity index (χ1n) is 5.74. The maximum atomic E-state index is 11.5. The lowest BCUT2D eigenvalue weighted by Gasteiger charge is -2.24. The van der Waals surface area contributed by atoms with Gasteiger partial charge >= 0.3 is 5.97 Å². The van der Waals surface area contributed by atoms with Crippen LogP contribution in [0.25, 0.3) is 0 Å². The van der Waals surface area contributed by atoms with Gasteiger partial charge in [-0.1, -0.05) is 12.8 Å². The third kappa shape index (κ3) is 2.85. The van der Waals surface area contributed by atoms with Crippen LogP contribution in [0, 0.1) is 5.92 Å². The second-order valence-corrected chi connectivity index (χ2v) is 4.36. The van der Waals surface area contributed by atoms with E-state index in [1.807, 2.05) is 6.92 Å². The number of ether oxygens (including phenoxy) is 1. The highest BCUT2D eigenvalue weighted by Crippen LogP contribution is 2.33. The molecule has 0 aromatic rings. The Morgan fingerprint density at radius 2 is 2.13 bits per heavy atom. The molecule has 0 aromatic carbocycles. The number of fused-ring (bicyclic) bond motifs is 1. The van der Waals surface area contributed by atoms with Crippen molar-refractivity contribution in [2.75, 3.05) is 6.61 Å². The Morgan fingerprint density at radius 3 is 2.80 bits per heavy atom. The Morgan fingerprint density at radius 1 is 1.40 bits per heavy atom. The van der Waals surface area contributed by atoms with Crippen LogP contribution in [-0.4, -0.2) is 24.7 Å². The van der Waals surface area contributed by atoms with Crippen LogP contribution >= 0.6 is 12.4 Å². The van der Waals surface area contributed by atoms with Crippen molar-refractivity contribution in [3.63, 3.8) is 0 Å². The van der Waals surface area contributed by atoms with Gasteiger partial charge in [0.1, 0.15) is 6.04 Å². The average Bonchev–Trinajstić information content (AvgIpc) is 2.61.